The van der Waals surface area contributed by atoms with Crippen molar-refractivity contribution in [3.8, 4) is 5.75 Å². The summed E-state index contributed by atoms with van der Waals surface area (Å²) in [5.74, 6) is 0.440. The van der Waals surface area contributed by atoms with Gasteiger partial charge in [-0.1, -0.05) is 12.1 Å². The number of carbonyl (C=O) groups is 1. The average molecular weight is 258 g/mol. The second kappa shape index (κ2) is 5.86. The maximum Gasteiger partial charge on any atom is 0.342 e. The van der Waals surface area contributed by atoms with Gasteiger partial charge in [0, 0.05) is 6.20 Å². The Labute approximate surface area is 111 Å². The Kier molecular flexibility index (Phi) is 3.97. The molecule has 0 saturated carbocycles. The fourth-order valence-electron chi connectivity index (χ4n) is 1.54. The molecule has 0 aliphatic carbocycles. The summed E-state index contributed by atoms with van der Waals surface area (Å²) < 4.78 is 10.2. The predicted octanol–water partition coefficient (Wildman–Crippen LogP) is 2.03. The highest BCUT2D eigenvalue weighted by Gasteiger charge is 2.11. The van der Waals surface area contributed by atoms with Crippen LogP contribution in [0.5, 0.6) is 5.75 Å². The van der Waals surface area contributed by atoms with E-state index in [1.165, 1.54) is 6.20 Å². The van der Waals surface area contributed by atoms with Crippen molar-refractivity contribution in [2.24, 2.45) is 0 Å². The van der Waals surface area contributed by atoms with Crippen LogP contribution in [0.15, 0.2) is 42.6 Å². The number of hydrogen-bond acceptors (Lipinski definition) is 5. The number of hydrogen-bond donors (Lipinski definition) is 1. The van der Waals surface area contributed by atoms with Crippen LogP contribution in [0.25, 0.3) is 0 Å². The van der Waals surface area contributed by atoms with E-state index in [1.807, 2.05) is 24.3 Å². The second-order valence-electron chi connectivity index (χ2n) is 3.86. The van der Waals surface area contributed by atoms with Gasteiger partial charge in [-0.3, -0.25) is 0 Å². The molecule has 5 heteroatoms. The van der Waals surface area contributed by atoms with E-state index in [9.17, 15) is 4.79 Å². The topological polar surface area (TPSA) is 74.4 Å². The van der Waals surface area contributed by atoms with Crippen LogP contribution >= 0.6 is 0 Å². The fraction of sp³-hybridized carbons (Fsp3) is 0.143. The molecule has 0 aliphatic rings. The minimum Gasteiger partial charge on any atom is -0.497 e. The smallest absolute Gasteiger partial charge is 0.342 e. The molecule has 2 rings (SSSR count). The molecular formula is C14H14N2O3. The molecule has 2 N–H and O–H groups in total. The summed E-state index contributed by atoms with van der Waals surface area (Å²) in [7, 11) is 1.60. The van der Waals surface area contributed by atoms with Crippen molar-refractivity contribution in [3.05, 3.63) is 53.7 Å². The first-order valence-electron chi connectivity index (χ1n) is 5.71. The van der Waals surface area contributed by atoms with Crippen LogP contribution in [0.4, 0.5) is 5.82 Å². The molecule has 0 bridgehead atoms. The average Bonchev–Trinajstić information content (AvgIpc) is 2.46. The quantitative estimate of drug-likeness (QED) is 0.849. The van der Waals surface area contributed by atoms with Gasteiger partial charge in [0.2, 0.25) is 0 Å². The molecule has 98 valence electrons. The molecule has 19 heavy (non-hydrogen) atoms. The number of nitrogens with two attached hydrogens (primary N) is 1. The minimum absolute atomic E-state index is 0.169. The molecule has 0 radical (unpaired) electrons. The number of carbonyl (C=O) groups excluding carboxylic acids is 1. The van der Waals surface area contributed by atoms with Crippen LogP contribution in [0.2, 0.25) is 0 Å². The van der Waals surface area contributed by atoms with Crippen molar-refractivity contribution >= 4 is 11.8 Å². The highest BCUT2D eigenvalue weighted by atomic mass is 16.5. The summed E-state index contributed by atoms with van der Waals surface area (Å²) in [5.41, 5.74) is 6.75. The molecule has 0 saturated heterocycles. The summed E-state index contributed by atoms with van der Waals surface area (Å²) in [5, 5.41) is 0. The summed E-state index contributed by atoms with van der Waals surface area (Å²) in [6.45, 7) is 0.178. The van der Waals surface area contributed by atoms with E-state index in [2.05, 4.69) is 4.98 Å². The van der Waals surface area contributed by atoms with E-state index in [1.54, 1.807) is 19.2 Å². The first-order valence-corrected chi connectivity index (χ1v) is 5.71. The lowest BCUT2D eigenvalue weighted by Gasteiger charge is -2.07. The fourth-order valence-corrected chi connectivity index (χ4v) is 1.54. The van der Waals surface area contributed by atoms with Gasteiger partial charge >= 0.3 is 5.97 Å². The third-order valence-corrected chi connectivity index (χ3v) is 2.59. The largest absolute Gasteiger partial charge is 0.497 e. The Morgan fingerprint density at radius 2 is 2.00 bits per heavy atom. The number of nitrogens with zero attached hydrogens (tertiary/aromatic N) is 1. The maximum atomic E-state index is 11.8. The van der Waals surface area contributed by atoms with Crippen LogP contribution in [0.3, 0.4) is 0 Å². The minimum atomic E-state index is -0.485. The molecule has 0 spiro atoms. The lowest BCUT2D eigenvalue weighted by molar-refractivity contribution is 0.0473. The number of methoxy groups -OCH3 is 1. The third kappa shape index (κ3) is 3.22. The lowest BCUT2D eigenvalue weighted by Crippen LogP contribution is -2.09. The highest BCUT2D eigenvalue weighted by Crippen LogP contribution is 2.14. The van der Waals surface area contributed by atoms with Crippen molar-refractivity contribution in [1.29, 1.82) is 0 Å². The molecule has 0 aliphatic heterocycles. The molecule has 1 aromatic carbocycles. The number of anilines is 1. The van der Waals surface area contributed by atoms with Crippen LogP contribution in [0.1, 0.15) is 15.9 Å². The summed E-state index contributed by atoms with van der Waals surface area (Å²) >= 11 is 0. The summed E-state index contributed by atoms with van der Waals surface area (Å²) in [6, 6.07) is 10.5. The van der Waals surface area contributed by atoms with Gasteiger partial charge in [-0.15, -0.1) is 0 Å². The van der Waals surface area contributed by atoms with Gasteiger partial charge < -0.3 is 15.2 Å². The van der Waals surface area contributed by atoms with E-state index < -0.39 is 5.97 Å². The summed E-state index contributed by atoms with van der Waals surface area (Å²) in [6.07, 6.45) is 1.52. The number of esters is 1. The Morgan fingerprint density at radius 3 is 2.63 bits per heavy atom. The molecule has 0 fully saturated rings. The van der Waals surface area contributed by atoms with Crippen molar-refractivity contribution in [3.63, 3.8) is 0 Å². The molecular weight excluding hydrogens is 244 g/mol. The molecule has 0 unspecified atom stereocenters. The number of aromatic nitrogens is 1. The van der Waals surface area contributed by atoms with Gasteiger partial charge in [0.05, 0.1) is 7.11 Å². The third-order valence-electron chi connectivity index (χ3n) is 2.59. The highest BCUT2D eigenvalue weighted by molar-refractivity contribution is 5.93. The number of nitrogen functional groups attached to an aromatic ring is 1. The molecule has 2 aromatic rings. The van der Waals surface area contributed by atoms with E-state index >= 15 is 0 Å². The first kappa shape index (κ1) is 12.9. The van der Waals surface area contributed by atoms with Gasteiger partial charge in [-0.05, 0) is 29.8 Å². The standard InChI is InChI=1S/C14H14N2O3/c1-18-11-6-4-10(5-7-11)9-19-14(17)12-3-2-8-16-13(12)15/h2-8H,9H2,1H3,(H2,15,16). The zero-order valence-electron chi connectivity index (χ0n) is 10.5. The molecule has 0 atom stereocenters. The van der Waals surface area contributed by atoms with Crippen molar-refractivity contribution in [2.75, 3.05) is 12.8 Å². The Morgan fingerprint density at radius 1 is 1.26 bits per heavy atom. The zero-order valence-corrected chi connectivity index (χ0v) is 10.5. The van der Waals surface area contributed by atoms with Crippen molar-refractivity contribution in [2.45, 2.75) is 6.61 Å². The first-order chi connectivity index (χ1) is 9.20. The van der Waals surface area contributed by atoms with Crippen molar-refractivity contribution < 1.29 is 14.3 Å². The van der Waals surface area contributed by atoms with E-state index in [0.29, 0.717) is 0 Å². The lowest BCUT2D eigenvalue weighted by atomic mass is 10.2. The van der Waals surface area contributed by atoms with Crippen LogP contribution < -0.4 is 10.5 Å². The van der Waals surface area contributed by atoms with Gasteiger partial charge in [-0.2, -0.15) is 0 Å². The van der Waals surface area contributed by atoms with Crippen molar-refractivity contribution in [1.82, 2.24) is 4.98 Å². The Balaban J connectivity index is 1.98. The Hall–Kier alpha value is -2.56. The second-order valence-corrected chi connectivity index (χ2v) is 3.86. The summed E-state index contributed by atoms with van der Waals surface area (Å²) in [4.78, 5) is 15.6. The Bertz CT molecular complexity index is 567. The van der Waals surface area contributed by atoms with Gasteiger partial charge in [0.15, 0.2) is 0 Å². The van der Waals surface area contributed by atoms with Crippen LogP contribution in [-0.4, -0.2) is 18.1 Å². The maximum absolute atomic E-state index is 11.8. The zero-order chi connectivity index (χ0) is 13.7. The van der Waals surface area contributed by atoms with Gasteiger partial charge in [0.1, 0.15) is 23.7 Å². The van der Waals surface area contributed by atoms with Crippen LogP contribution in [-0.2, 0) is 11.3 Å². The monoisotopic (exact) mass is 258 g/mol. The normalized spacial score (nSPS) is 9.95. The molecule has 0 amide bonds. The van der Waals surface area contributed by atoms with Crippen LogP contribution in [0, 0.1) is 0 Å². The van der Waals surface area contributed by atoms with Gasteiger partial charge in [-0.25, -0.2) is 9.78 Å². The number of pyridine rings is 1. The van der Waals surface area contributed by atoms with E-state index in [-0.39, 0.29) is 18.0 Å². The SMILES string of the molecule is COc1ccc(COC(=O)c2cccnc2N)cc1. The van der Waals surface area contributed by atoms with E-state index in [4.69, 9.17) is 15.2 Å². The van der Waals surface area contributed by atoms with E-state index in [0.717, 1.165) is 11.3 Å². The predicted molar refractivity (Wildman–Crippen MR) is 70.8 cm³/mol. The molecule has 1 heterocycles. The van der Waals surface area contributed by atoms with Gasteiger partial charge in [0.25, 0.3) is 0 Å². The number of ether oxygens (including phenoxy) is 2. The molecule has 5 nitrogen and oxygen atoms in total. The number of rotatable bonds is 4. The molecule has 1 aromatic heterocycles. The number of benzene rings is 1.